The summed E-state index contributed by atoms with van der Waals surface area (Å²) in [5.74, 6) is -0.297. The molecule has 0 bridgehead atoms. The van der Waals surface area contributed by atoms with E-state index in [0.717, 1.165) is 31.2 Å². The van der Waals surface area contributed by atoms with Crippen molar-refractivity contribution in [3.63, 3.8) is 0 Å². The molecule has 0 radical (unpaired) electrons. The maximum Gasteiger partial charge on any atom is 0.262 e. The third-order valence-corrected chi connectivity index (χ3v) is 3.45. The number of amides is 1. The fourth-order valence-corrected chi connectivity index (χ4v) is 2.44. The molecular formula is C15H15ClN2O. The lowest BCUT2D eigenvalue weighted by Crippen LogP contribution is -2.33. The van der Waals surface area contributed by atoms with Gasteiger partial charge in [-0.2, -0.15) is 5.26 Å². The number of nitrogens with one attached hydrogen (secondary N) is 1. The molecule has 0 unspecified atom stereocenters. The monoisotopic (exact) mass is 274 g/mol. The molecule has 0 aliphatic heterocycles. The maximum absolute atomic E-state index is 12.0. The zero-order chi connectivity index (χ0) is 13.7. The van der Waals surface area contributed by atoms with E-state index in [1.54, 1.807) is 24.3 Å². The minimum atomic E-state index is -0.297. The van der Waals surface area contributed by atoms with Crippen LogP contribution in [0.2, 0.25) is 5.02 Å². The lowest BCUT2D eigenvalue weighted by Gasteiger charge is -2.10. The lowest BCUT2D eigenvalue weighted by molar-refractivity contribution is -0.117. The molecule has 4 heteroatoms. The highest BCUT2D eigenvalue weighted by Crippen LogP contribution is 2.18. The Kier molecular flexibility index (Phi) is 4.59. The SMILES string of the molecule is N#C/C(=C/c1cccc(Cl)c1)C(=O)NC1CCCC1. The summed E-state index contributed by atoms with van der Waals surface area (Å²) in [5.41, 5.74) is 0.875. The first kappa shape index (κ1) is 13.6. The van der Waals surface area contributed by atoms with Crippen LogP contribution in [0.5, 0.6) is 0 Å². The third kappa shape index (κ3) is 3.84. The number of carbonyl (C=O) groups is 1. The van der Waals surface area contributed by atoms with Gasteiger partial charge in [-0.15, -0.1) is 0 Å². The van der Waals surface area contributed by atoms with Crippen molar-refractivity contribution in [1.29, 1.82) is 5.26 Å². The van der Waals surface area contributed by atoms with E-state index in [1.165, 1.54) is 0 Å². The molecule has 0 aromatic heterocycles. The van der Waals surface area contributed by atoms with Crippen molar-refractivity contribution in [3.05, 3.63) is 40.4 Å². The molecule has 3 nitrogen and oxygen atoms in total. The van der Waals surface area contributed by atoms with E-state index in [-0.39, 0.29) is 17.5 Å². The average molecular weight is 275 g/mol. The highest BCUT2D eigenvalue weighted by atomic mass is 35.5. The largest absolute Gasteiger partial charge is 0.349 e. The molecule has 1 amide bonds. The highest BCUT2D eigenvalue weighted by Gasteiger charge is 2.19. The van der Waals surface area contributed by atoms with Gasteiger partial charge in [-0.05, 0) is 36.6 Å². The summed E-state index contributed by atoms with van der Waals surface area (Å²) in [7, 11) is 0. The van der Waals surface area contributed by atoms with Gasteiger partial charge in [-0.25, -0.2) is 0 Å². The molecule has 0 heterocycles. The van der Waals surface area contributed by atoms with Crippen LogP contribution in [0.4, 0.5) is 0 Å². The van der Waals surface area contributed by atoms with E-state index in [1.807, 2.05) is 12.1 Å². The zero-order valence-corrected chi connectivity index (χ0v) is 11.3. The lowest BCUT2D eigenvalue weighted by atomic mass is 10.1. The molecule has 1 saturated carbocycles. The van der Waals surface area contributed by atoms with Gasteiger partial charge in [0.2, 0.25) is 0 Å². The number of benzene rings is 1. The Labute approximate surface area is 117 Å². The quantitative estimate of drug-likeness (QED) is 0.679. The fraction of sp³-hybridized carbons (Fsp3) is 0.333. The van der Waals surface area contributed by atoms with Crippen molar-refractivity contribution in [2.45, 2.75) is 31.7 Å². The van der Waals surface area contributed by atoms with Crippen LogP contribution in [0.1, 0.15) is 31.2 Å². The Morgan fingerprint density at radius 1 is 1.42 bits per heavy atom. The Morgan fingerprint density at radius 3 is 2.79 bits per heavy atom. The second-order valence-corrected chi connectivity index (χ2v) is 5.12. The minimum Gasteiger partial charge on any atom is -0.349 e. The van der Waals surface area contributed by atoms with Gasteiger partial charge >= 0.3 is 0 Å². The first-order valence-corrected chi connectivity index (χ1v) is 6.75. The summed E-state index contributed by atoms with van der Waals surface area (Å²) < 4.78 is 0. The molecular weight excluding hydrogens is 260 g/mol. The van der Waals surface area contributed by atoms with Crippen molar-refractivity contribution in [2.75, 3.05) is 0 Å². The van der Waals surface area contributed by atoms with Crippen molar-refractivity contribution in [1.82, 2.24) is 5.32 Å². The van der Waals surface area contributed by atoms with Crippen LogP contribution in [0.3, 0.4) is 0 Å². The first-order chi connectivity index (χ1) is 9.19. The van der Waals surface area contributed by atoms with E-state index < -0.39 is 0 Å². The Bertz CT molecular complexity index is 539. The molecule has 19 heavy (non-hydrogen) atoms. The topological polar surface area (TPSA) is 52.9 Å². The van der Waals surface area contributed by atoms with Crippen LogP contribution >= 0.6 is 11.6 Å². The fourth-order valence-electron chi connectivity index (χ4n) is 2.24. The van der Waals surface area contributed by atoms with Crippen LogP contribution in [-0.2, 0) is 4.79 Å². The molecule has 1 aromatic carbocycles. The predicted octanol–water partition coefficient (Wildman–Crippen LogP) is 3.31. The molecule has 2 rings (SSSR count). The number of carbonyl (C=O) groups excluding carboxylic acids is 1. The maximum atomic E-state index is 12.0. The van der Waals surface area contributed by atoms with Gasteiger partial charge in [0.1, 0.15) is 11.6 Å². The van der Waals surface area contributed by atoms with Crippen LogP contribution in [-0.4, -0.2) is 11.9 Å². The van der Waals surface area contributed by atoms with Crippen LogP contribution in [0, 0.1) is 11.3 Å². The highest BCUT2D eigenvalue weighted by molar-refractivity contribution is 6.30. The Balaban J connectivity index is 2.10. The van der Waals surface area contributed by atoms with E-state index in [2.05, 4.69) is 5.32 Å². The van der Waals surface area contributed by atoms with Crippen molar-refractivity contribution >= 4 is 23.6 Å². The zero-order valence-electron chi connectivity index (χ0n) is 10.5. The molecule has 1 aromatic rings. The van der Waals surface area contributed by atoms with E-state index in [4.69, 9.17) is 16.9 Å². The Morgan fingerprint density at radius 2 is 2.16 bits per heavy atom. The summed E-state index contributed by atoms with van der Waals surface area (Å²) in [6.45, 7) is 0. The number of hydrogen-bond donors (Lipinski definition) is 1. The minimum absolute atomic E-state index is 0.120. The second-order valence-electron chi connectivity index (χ2n) is 4.68. The average Bonchev–Trinajstić information content (AvgIpc) is 2.88. The molecule has 1 aliphatic carbocycles. The summed E-state index contributed by atoms with van der Waals surface area (Å²) in [4.78, 5) is 12.0. The number of hydrogen-bond acceptors (Lipinski definition) is 2. The first-order valence-electron chi connectivity index (χ1n) is 6.37. The predicted molar refractivity (Wildman–Crippen MR) is 75.4 cm³/mol. The van der Waals surface area contributed by atoms with Gasteiger partial charge in [0.25, 0.3) is 5.91 Å². The van der Waals surface area contributed by atoms with Gasteiger partial charge in [0.15, 0.2) is 0 Å². The molecule has 1 fully saturated rings. The van der Waals surface area contributed by atoms with Gasteiger partial charge < -0.3 is 5.32 Å². The van der Waals surface area contributed by atoms with Gasteiger partial charge in [0.05, 0.1) is 0 Å². The molecule has 98 valence electrons. The number of nitriles is 1. The summed E-state index contributed by atoms with van der Waals surface area (Å²) in [5, 5.41) is 12.6. The van der Waals surface area contributed by atoms with Crippen LogP contribution in [0.15, 0.2) is 29.8 Å². The summed E-state index contributed by atoms with van der Waals surface area (Å²) >= 11 is 5.88. The van der Waals surface area contributed by atoms with Crippen molar-refractivity contribution in [2.24, 2.45) is 0 Å². The van der Waals surface area contributed by atoms with Gasteiger partial charge in [0, 0.05) is 11.1 Å². The number of nitrogens with zero attached hydrogens (tertiary/aromatic N) is 1. The van der Waals surface area contributed by atoms with Gasteiger partial charge in [-0.3, -0.25) is 4.79 Å². The molecule has 0 atom stereocenters. The smallest absolute Gasteiger partial charge is 0.262 e. The van der Waals surface area contributed by atoms with E-state index in [9.17, 15) is 4.79 Å². The molecule has 1 aliphatic rings. The molecule has 1 N–H and O–H groups in total. The van der Waals surface area contributed by atoms with Crippen molar-refractivity contribution in [3.8, 4) is 6.07 Å². The normalized spacial score (nSPS) is 16.1. The van der Waals surface area contributed by atoms with Crippen LogP contribution in [0.25, 0.3) is 6.08 Å². The third-order valence-electron chi connectivity index (χ3n) is 3.22. The summed E-state index contributed by atoms with van der Waals surface area (Å²) in [6, 6.07) is 9.24. The number of rotatable bonds is 3. The standard InChI is InChI=1S/C15H15ClN2O/c16-13-5-3-4-11(9-13)8-12(10-17)15(19)18-14-6-1-2-7-14/h3-5,8-9,14H,1-2,6-7H2,(H,18,19)/b12-8-. The molecule has 0 spiro atoms. The van der Waals surface area contributed by atoms with Gasteiger partial charge in [-0.1, -0.05) is 36.6 Å². The number of halogens is 1. The summed E-state index contributed by atoms with van der Waals surface area (Å²) in [6.07, 6.45) is 5.86. The van der Waals surface area contributed by atoms with Crippen LogP contribution < -0.4 is 5.32 Å². The van der Waals surface area contributed by atoms with E-state index >= 15 is 0 Å². The van der Waals surface area contributed by atoms with Crippen molar-refractivity contribution < 1.29 is 4.79 Å². The Hall–Kier alpha value is -1.79. The van der Waals surface area contributed by atoms with E-state index in [0.29, 0.717) is 5.02 Å². The molecule has 0 saturated heterocycles. The second kappa shape index (κ2) is 6.40.